The highest BCUT2D eigenvalue weighted by Gasteiger charge is 2.23. The smallest absolute Gasteiger partial charge is 0.148 e. The molecule has 2 aromatic rings. The predicted molar refractivity (Wildman–Crippen MR) is 88.7 cm³/mol. The lowest BCUT2D eigenvalue weighted by atomic mass is 9.97. The number of hydrogen-bond acceptors (Lipinski definition) is 1. The van der Waals surface area contributed by atoms with Gasteiger partial charge in [-0.05, 0) is 50.5 Å². The molecule has 0 aromatic heterocycles. The van der Waals surface area contributed by atoms with E-state index in [1.807, 2.05) is 6.92 Å². The number of hydrogen-bond donors (Lipinski definition) is 1. The van der Waals surface area contributed by atoms with E-state index < -0.39 is 17.7 Å². The van der Waals surface area contributed by atoms with Gasteiger partial charge in [0.1, 0.15) is 11.6 Å². The van der Waals surface area contributed by atoms with E-state index >= 15 is 0 Å². The van der Waals surface area contributed by atoms with Crippen molar-refractivity contribution in [3.05, 3.63) is 67.1 Å². The zero-order chi connectivity index (χ0) is 15.6. The first-order valence-corrected chi connectivity index (χ1v) is 8.24. The topological polar surface area (TPSA) is 12.0 Å². The van der Waals surface area contributed by atoms with Crippen molar-refractivity contribution in [2.24, 2.45) is 0 Å². The fourth-order valence-corrected chi connectivity index (χ4v) is 2.96. The number of benzene rings is 2. The summed E-state index contributed by atoms with van der Waals surface area (Å²) in [7, 11) is 0. The van der Waals surface area contributed by atoms with Gasteiger partial charge in [-0.25, -0.2) is 8.78 Å². The Labute approximate surface area is 144 Å². The molecule has 0 saturated carbocycles. The van der Waals surface area contributed by atoms with Gasteiger partial charge in [-0.3, -0.25) is 0 Å². The summed E-state index contributed by atoms with van der Waals surface area (Å²) in [6.45, 7) is 2.44. The summed E-state index contributed by atoms with van der Waals surface area (Å²) in [5, 5.41) is 3.09. The van der Waals surface area contributed by atoms with Crippen molar-refractivity contribution in [1.82, 2.24) is 5.32 Å². The van der Waals surface area contributed by atoms with Crippen LogP contribution in [0.4, 0.5) is 8.78 Å². The first kappa shape index (κ1) is 16.9. The summed E-state index contributed by atoms with van der Waals surface area (Å²) in [6.07, 6.45) is 0. The van der Waals surface area contributed by atoms with Crippen LogP contribution in [0.2, 0.25) is 5.02 Å². The molecule has 0 spiro atoms. The van der Waals surface area contributed by atoms with Crippen LogP contribution >= 0.6 is 43.5 Å². The largest absolute Gasteiger partial charge is 0.306 e. The van der Waals surface area contributed by atoms with Gasteiger partial charge in [-0.1, -0.05) is 36.7 Å². The van der Waals surface area contributed by atoms with E-state index in [-0.39, 0.29) is 5.02 Å². The van der Waals surface area contributed by atoms with E-state index in [0.717, 1.165) is 0 Å². The highest BCUT2D eigenvalue weighted by atomic mass is 79.9. The van der Waals surface area contributed by atoms with Gasteiger partial charge in [0.25, 0.3) is 0 Å². The standard InChI is InChI=1S/C15H12Br2ClF2N/c1-2-21-15(8-4-3-5-11(17)13(8)19)9-6-7-10(16)12(18)14(9)20/h3-7,15,21H,2H2,1H3. The highest BCUT2D eigenvalue weighted by Crippen LogP contribution is 2.34. The average Bonchev–Trinajstić information content (AvgIpc) is 2.46. The maximum Gasteiger partial charge on any atom is 0.148 e. The van der Waals surface area contributed by atoms with Crippen LogP contribution < -0.4 is 5.32 Å². The molecule has 2 aromatic carbocycles. The van der Waals surface area contributed by atoms with Crippen LogP contribution in [0.5, 0.6) is 0 Å². The summed E-state index contributed by atoms with van der Waals surface area (Å²) in [6, 6.07) is 7.58. The Morgan fingerprint density at radius 1 is 1.05 bits per heavy atom. The molecule has 112 valence electrons. The van der Waals surface area contributed by atoms with Crippen molar-refractivity contribution < 1.29 is 8.78 Å². The van der Waals surface area contributed by atoms with Crippen LogP contribution in [0.15, 0.2) is 39.3 Å². The minimum Gasteiger partial charge on any atom is -0.306 e. The van der Waals surface area contributed by atoms with Crippen LogP contribution in [0.1, 0.15) is 24.1 Å². The molecule has 6 heteroatoms. The van der Waals surface area contributed by atoms with Crippen molar-refractivity contribution >= 4 is 43.5 Å². The van der Waals surface area contributed by atoms with E-state index in [4.69, 9.17) is 11.6 Å². The zero-order valence-electron chi connectivity index (χ0n) is 11.1. The summed E-state index contributed by atoms with van der Waals surface area (Å²) >= 11 is 12.3. The van der Waals surface area contributed by atoms with E-state index in [1.165, 1.54) is 0 Å². The molecular weight excluding hydrogens is 427 g/mol. The van der Waals surface area contributed by atoms with E-state index in [9.17, 15) is 8.78 Å². The molecule has 0 amide bonds. The van der Waals surface area contributed by atoms with Gasteiger partial charge in [0.2, 0.25) is 0 Å². The Bertz CT molecular complexity index is 664. The first-order valence-electron chi connectivity index (χ1n) is 6.28. The lowest BCUT2D eigenvalue weighted by molar-refractivity contribution is 0.528. The quantitative estimate of drug-likeness (QED) is 0.590. The second kappa shape index (κ2) is 7.18. The minimum absolute atomic E-state index is 0.00851. The third-order valence-corrected chi connectivity index (χ3v) is 4.95. The monoisotopic (exact) mass is 437 g/mol. The molecule has 21 heavy (non-hydrogen) atoms. The third-order valence-electron chi connectivity index (χ3n) is 3.08. The van der Waals surface area contributed by atoms with Crippen molar-refractivity contribution in [2.75, 3.05) is 6.54 Å². The van der Waals surface area contributed by atoms with Gasteiger partial charge >= 0.3 is 0 Å². The first-order chi connectivity index (χ1) is 9.97. The second-order valence-electron chi connectivity index (χ2n) is 4.40. The maximum absolute atomic E-state index is 14.4. The van der Waals surface area contributed by atoms with Gasteiger partial charge in [-0.2, -0.15) is 0 Å². The normalized spacial score (nSPS) is 12.5. The van der Waals surface area contributed by atoms with Crippen molar-refractivity contribution in [3.8, 4) is 0 Å². The van der Waals surface area contributed by atoms with Gasteiger partial charge in [0.15, 0.2) is 0 Å². The molecule has 2 rings (SSSR count). The predicted octanol–water partition coefficient (Wildman–Crippen LogP) is 5.84. The Balaban J connectivity index is 2.59. The Morgan fingerprint density at radius 2 is 1.71 bits per heavy atom. The van der Waals surface area contributed by atoms with Crippen LogP contribution in [-0.4, -0.2) is 6.54 Å². The van der Waals surface area contributed by atoms with Gasteiger partial charge in [0, 0.05) is 15.6 Å². The van der Waals surface area contributed by atoms with Gasteiger partial charge in [0.05, 0.1) is 15.5 Å². The molecule has 0 heterocycles. The van der Waals surface area contributed by atoms with Crippen LogP contribution in [0.25, 0.3) is 0 Å². The number of rotatable bonds is 4. The maximum atomic E-state index is 14.4. The molecule has 1 atom stereocenters. The molecule has 0 bridgehead atoms. The van der Waals surface area contributed by atoms with E-state index in [2.05, 4.69) is 37.2 Å². The van der Waals surface area contributed by atoms with Crippen LogP contribution in [0.3, 0.4) is 0 Å². The SMILES string of the molecule is CCNC(c1cccc(Br)c1F)c1ccc(Br)c(Cl)c1F. The average molecular weight is 440 g/mol. The zero-order valence-corrected chi connectivity index (χ0v) is 15.0. The fraction of sp³-hybridized carbons (Fsp3) is 0.200. The van der Waals surface area contributed by atoms with Crippen LogP contribution in [0, 0.1) is 11.6 Å². The van der Waals surface area contributed by atoms with Crippen molar-refractivity contribution in [1.29, 1.82) is 0 Å². The Hall–Kier alpha value is -0.490. The van der Waals surface area contributed by atoms with Gasteiger partial charge < -0.3 is 5.32 Å². The third kappa shape index (κ3) is 3.47. The van der Waals surface area contributed by atoms with Crippen molar-refractivity contribution in [3.63, 3.8) is 0 Å². The summed E-state index contributed by atoms with van der Waals surface area (Å²) in [5.74, 6) is -0.974. The number of nitrogens with one attached hydrogen (secondary N) is 1. The van der Waals surface area contributed by atoms with Gasteiger partial charge in [-0.15, -0.1) is 0 Å². The van der Waals surface area contributed by atoms with Crippen LogP contribution in [-0.2, 0) is 0 Å². The molecule has 0 saturated heterocycles. The minimum atomic E-state index is -0.613. The summed E-state index contributed by atoms with van der Waals surface area (Å²) in [5.41, 5.74) is 0.672. The molecule has 0 aliphatic rings. The van der Waals surface area contributed by atoms with E-state index in [1.54, 1.807) is 30.3 Å². The Morgan fingerprint density at radius 3 is 2.38 bits per heavy atom. The molecular formula is C15H12Br2ClF2N. The molecule has 1 N–H and O–H groups in total. The Kier molecular flexibility index (Phi) is 5.77. The molecule has 0 aliphatic carbocycles. The van der Waals surface area contributed by atoms with E-state index in [0.29, 0.717) is 26.6 Å². The molecule has 0 radical (unpaired) electrons. The lowest BCUT2D eigenvalue weighted by Gasteiger charge is -2.21. The second-order valence-corrected chi connectivity index (χ2v) is 6.48. The molecule has 0 aliphatic heterocycles. The highest BCUT2D eigenvalue weighted by molar-refractivity contribution is 9.10. The lowest BCUT2D eigenvalue weighted by Crippen LogP contribution is -2.24. The molecule has 1 nitrogen and oxygen atoms in total. The molecule has 1 unspecified atom stereocenters. The fourth-order valence-electron chi connectivity index (χ4n) is 2.10. The summed E-state index contributed by atoms with van der Waals surface area (Å²) in [4.78, 5) is 0. The summed E-state index contributed by atoms with van der Waals surface area (Å²) < 4.78 is 29.5. The molecule has 0 fully saturated rings. The van der Waals surface area contributed by atoms with Crippen molar-refractivity contribution in [2.45, 2.75) is 13.0 Å². The number of halogens is 5.